The lowest BCUT2D eigenvalue weighted by Crippen LogP contribution is -2.49. The predicted molar refractivity (Wildman–Crippen MR) is 191 cm³/mol. The Balaban J connectivity index is 1.56. The van der Waals surface area contributed by atoms with Crippen LogP contribution in [0.4, 0.5) is 17.1 Å². The minimum atomic E-state index is -4.03. The number of rotatable bonds is 10. The molecule has 0 aromatic heterocycles. The molecule has 0 saturated carbocycles. The number of nitrogens with one attached hydrogen (secondary N) is 1. The summed E-state index contributed by atoms with van der Waals surface area (Å²) < 4.78 is 47.3. The molecule has 1 aliphatic rings. The molecule has 0 aliphatic carbocycles. The molecule has 0 bridgehead atoms. The molecule has 9 nitrogen and oxygen atoms in total. The van der Waals surface area contributed by atoms with Gasteiger partial charge in [-0.15, -0.1) is 0 Å². The van der Waals surface area contributed by atoms with Crippen molar-refractivity contribution in [1.82, 2.24) is 0 Å². The van der Waals surface area contributed by atoms with E-state index < -0.39 is 16.2 Å². The van der Waals surface area contributed by atoms with Gasteiger partial charge < -0.3 is 19.1 Å². The molecule has 1 aliphatic heterocycles. The first kappa shape index (κ1) is 32.9. The van der Waals surface area contributed by atoms with Crippen molar-refractivity contribution < 1.29 is 27.4 Å². The summed E-state index contributed by atoms with van der Waals surface area (Å²) in [5.74, 6) is 1.27. The number of halogens is 1. The van der Waals surface area contributed by atoms with E-state index in [1.54, 1.807) is 56.6 Å². The lowest BCUT2D eigenvalue weighted by molar-refractivity contribution is 0.0967. The molecule has 0 unspecified atom stereocenters. The topological polar surface area (TPSA) is 97.4 Å². The Hall–Kier alpha value is -5.00. The number of nitrogens with zero attached hydrogens (tertiary/aromatic N) is 2. The van der Waals surface area contributed by atoms with Gasteiger partial charge >= 0.3 is 0 Å². The number of aryl methyl sites for hydroxylation is 1. The molecule has 48 heavy (non-hydrogen) atoms. The maximum atomic E-state index is 14.8. The quantitative estimate of drug-likeness (QED) is 0.156. The van der Waals surface area contributed by atoms with E-state index >= 15 is 0 Å². The van der Waals surface area contributed by atoms with E-state index in [9.17, 15) is 13.2 Å². The molecule has 246 valence electrons. The van der Waals surface area contributed by atoms with Crippen molar-refractivity contribution in [3.63, 3.8) is 0 Å². The van der Waals surface area contributed by atoms with Crippen LogP contribution in [0.1, 0.15) is 33.2 Å². The van der Waals surface area contributed by atoms with Crippen LogP contribution in [0, 0.1) is 6.92 Å². The van der Waals surface area contributed by atoms with Gasteiger partial charge in [-0.1, -0.05) is 64.0 Å². The van der Waals surface area contributed by atoms with Crippen molar-refractivity contribution in [2.45, 2.75) is 24.5 Å². The summed E-state index contributed by atoms with van der Waals surface area (Å²) in [6.07, 6.45) is -0.694. The zero-order valence-corrected chi connectivity index (χ0v) is 29.2. The van der Waals surface area contributed by atoms with Crippen molar-refractivity contribution in [2.75, 3.05) is 35.9 Å². The second kappa shape index (κ2) is 13.6. The molecule has 5 aromatic rings. The smallest absolute Gasteiger partial charge is 0.262 e. The molecular weight excluding hydrogens is 694 g/mol. The second-order valence-corrected chi connectivity index (χ2v) is 13.8. The highest BCUT2D eigenvalue weighted by molar-refractivity contribution is 9.10. The standard InChI is InChI=1S/C37H34BrN3O6S/c1-24-10-12-26(13-11-24)39-48(43,44)29-18-19-33-31(20-29)37(42)41(27-14-16-28(45-2)17-15-27)36(40(33)23-25-8-6-5-7-9-25)30-21-34(46-3)35(47-4)22-32(30)38/h5-22,36,39H,23H2,1-4H3/t36-/m0/s1. The van der Waals surface area contributed by atoms with E-state index in [-0.39, 0.29) is 16.4 Å². The molecule has 0 fully saturated rings. The van der Waals surface area contributed by atoms with Gasteiger partial charge in [0.1, 0.15) is 11.9 Å². The number of hydrogen-bond acceptors (Lipinski definition) is 7. The number of amides is 1. The Kier molecular flexibility index (Phi) is 9.34. The third-order valence-corrected chi connectivity index (χ3v) is 10.3. The van der Waals surface area contributed by atoms with Crippen LogP contribution in [0.3, 0.4) is 0 Å². The Bertz CT molecular complexity index is 2060. The summed E-state index contributed by atoms with van der Waals surface area (Å²) in [6.45, 7) is 2.32. The van der Waals surface area contributed by atoms with Gasteiger partial charge in [0.15, 0.2) is 11.5 Å². The maximum Gasteiger partial charge on any atom is 0.262 e. The number of carbonyl (C=O) groups excluding carboxylic acids is 1. The van der Waals surface area contributed by atoms with Crippen molar-refractivity contribution in [3.05, 3.63) is 136 Å². The monoisotopic (exact) mass is 727 g/mol. The van der Waals surface area contributed by atoms with E-state index in [0.717, 1.165) is 16.7 Å². The zero-order valence-electron chi connectivity index (χ0n) is 26.8. The second-order valence-electron chi connectivity index (χ2n) is 11.2. The number of fused-ring (bicyclic) bond motifs is 1. The molecule has 1 amide bonds. The summed E-state index contributed by atoms with van der Waals surface area (Å²) in [4.78, 5) is 18.5. The van der Waals surface area contributed by atoms with Gasteiger partial charge in [-0.05, 0) is 79.2 Å². The van der Waals surface area contributed by atoms with Crippen molar-refractivity contribution in [1.29, 1.82) is 0 Å². The third-order valence-electron chi connectivity index (χ3n) is 8.21. The van der Waals surface area contributed by atoms with Crippen LogP contribution in [0.5, 0.6) is 17.2 Å². The molecular formula is C37H34BrN3O6S. The Morgan fingerprint density at radius 1 is 0.792 bits per heavy atom. The molecule has 0 spiro atoms. The van der Waals surface area contributed by atoms with Crippen LogP contribution >= 0.6 is 15.9 Å². The normalized spacial score (nSPS) is 14.4. The average Bonchev–Trinajstić information content (AvgIpc) is 3.10. The van der Waals surface area contributed by atoms with Crippen LogP contribution in [-0.2, 0) is 16.6 Å². The largest absolute Gasteiger partial charge is 0.497 e. The van der Waals surface area contributed by atoms with Crippen molar-refractivity contribution in [2.24, 2.45) is 0 Å². The number of benzene rings is 5. The van der Waals surface area contributed by atoms with Crippen LogP contribution in [0.15, 0.2) is 119 Å². The zero-order chi connectivity index (χ0) is 34.0. The first-order valence-electron chi connectivity index (χ1n) is 15.1. The van der Waals surface area contributed by atoms with Gasteiger partial charge in [-0.3, -0.25) is 14.4 Å². The van der Waals surface area contributed by atoms with Gasteiger partial charge in [0.25, 0.3) is 15.9 Å². The lowest BCUT2D eigenvalue weighted by Gasteiger charge is -2.46. The molecule has 1 N–H and O–H groups in total. The number of carbonyl (C=O) groups is 1. The van der Waals surface area contributed by atoms with Crippen LogP contribution < -0.4 is 28.7 Å². The molecule has 1 heterocycles. The van der Waals surface area contributed by atoms with E-state index in [1.807, 2.05) is 73.7 Å². The highest BCUT2D eigenvalue weighted by Gasteiger charge is 2.41. The minimum absolute atomic E-state index is 0.0322. The van der Waals surface area contributed by atoms with Crippen molar-refractivity contribution in [3.8, 4) is 17.2 Å². The fourth-order valence-corrected chi connectivity index (χ4v) is 7.39. The fraction of sp³-hybridized carbons (Fsp3) is 0.162. The highest BCUT2D eigenvalue weighted by Crippen LogP contribution is 2.47. The summed E-state index contributed by atoms with van der Waals surface area (Å²) in [5, 5.41) is 0. The molecule has 0 radical (unpaired) electrons. The minimum Gasteiger partial charge on any atom is -0.497 e. The number of sulfonamides is 1. The number of hydrogen-bond donors (Lipinski definition) is 1. The predicted octanol–water partition coefficient (Wildman–Crippen LogP) is 7.95. The first-order valence-corrected chi connectivity index (χ1v) is 17.3. The Labute approximate surface area is 288 Å². The maximum absolute atomic E-state index is 14.8. The lowest BCUT2D eigenvalue weighted by atomic mass is 9.98. The van der Waals surface area contributed by atoms with E-state index in [1.165, 1.54) is 12.1 Å². The number of ether oxygens (including phenoxy) is 3. The third kappa shape index (κ3) is 6.43. The van der Waals surface area contributed by atoms with Crippen LogP contribution in [0.25, 0.3) is 0 Å². The molecule has 1 atom stereocenters. The van der Waals surface area contributed by atoms with Gasteiger partial charge in [-0.25, -0.2) is 8.42 Å². The van der Waals surface area contributed by atoms with E-state index in [0.29, 0.717) is 45.3 Å². The van der Waals surface area contributed by atoms with Gasteiger partial charge in [0, 0.05) is 28.0 Å². The summed E-state index contributed by atoms with van der Waals surface area (Å²) in [6, 6.07) is 32.5. The molecule has 6 rings (SSSR count). The molecule has 0 saturated heterocycles. The SMILES string of the molecule is COc1ccc(N2C(=O)c3cc(S(=O)(=O)Nc4ccc(C)cc4)ccc3N(Cc3ccccc3)[C@@H]2c2cc(OC)c(OC)cc2Br)cc1. The summed E-state index contributed by atoms with van der Waals surface area (Å²) >= 11 is 3.75. The fourth-order valence-electron chi connectivity index (χ4n) is 5.78. The van der Waals surface area contributed by atoms with Crippen LogP contribution in [0.2, 0.25) is 0 Å². The van der Waals surface area contributed by atoms with E-state index in [2.05, 4.69) is 25.6 Å². The Morgan fingerprint density at radius 2 is 1.46 bits per heavy atom. The summed E-state index contributed by atoms with van der Waals surface area (Å²) in [5.41, 5.74) is 4.56. The van der Waals surface area contributed by atoms with Crippen molar-refractivity contribution >= 4 is 48.9 Å². The number of anilines is 3. The Morgan fingerprint density at radius 3 is 2.10 bits per heavy atom. The van der Waals surface area contributed by atoms with Gasteiger partial charge in [0.05, 0.1) is 37.5 Å². The van der Waals surface area contributed by atoms with Crippen LogP contribution in [-0.4, -0.2) is 35.7 Å². The van der Waals surface area contributed by atoms with Gasteiger partial charge in [0.2, 0.25) is 0 Å². The summed E-state index contributed by atoms with van der Waals surface area (Å²) in [7, 11) is 0.672. The highest BCUT2D eigenvalue weighted by atomic mass is 79.9. The van der Waals surface area contributed by atoms with Gasteiger partial charge in [-0.2, -0.15) is 0 Å². The number of methoxy groups -OCH3 is 3. The molecule has 5 aromatic carbocycles. The molecule has 11 heteroatoms. The van der Waals surface area contributed by atoms with E-state index in [4.69, 9.17) is 14.2 Å². The first-order chi connectivity index (χ1) is 23.1. The average molecular weight is 729 g/mol.